The molecule has 1 aromatic carbocycles. The lowest BCUT2D eigenvalue weighted by Gasteiger charge is -2.07. The highest BCUT2D eigenvalue weighted by molar-refractivity contribution is 9.10. The Labute approximate surface area is 136 Å². The Morgan fingerprint density at radius 3 is 2.71 bits per heavy atom. The molecule has 112 valence electrons. The number of ether oxygens (including phenoxy) is 2. The molecule has 0 radical (unpaired) electrons. The highest BCUT2D eigenvalue weighted by atomic mass is 79.9. The summed E-state index contributed by atoms with van der Waals surface area (Å²) in [5.41, 5.74) is 0.980. The van der Waals surface area contributed by atoms with Crippen LogP contribution in [0.5, 0.6) is 11.8 Å². The summed E-state index contributed by atoms with van der Waals surface area (Å²) >= 11 is 9.26. The fraction of sp³-hybridized carbons (Fsp3) is 0.286. The highest BCUT2D eigenvalue weighted by Gasteiger charge is 2.05. The summed E-state index contributed by atoms with van der Waals surface area (Å²) in [5.74, 6) is 0.616. The van der Waals surface area contributed by atoms with Gasteiger partial charge in [-0.1, -0.05) is 11.6 Å². The van der Waals surface area contributed by atoms with Crippen LogP contribution in [-0.2, 0) is 11.3 Å². The number of rotatable bonds is 7. The van der Waals surface area contributed by atoms with Crippen LogP contribution in [0.1, 0.15) is 5.56 Å². The van der Waals surface area contributed by atoms with Gasteiger partial charge in [-0.05, 0) is 34.1 Å². The Hall–Kier alpha value is -1.21. The maximum atomic E-state index is 5.88. The Balaban J connectivity index is 1.92. The van der Waals surface area contributed by atoms with Crippen molar-refractivity contribution >= 4 is 27.5 Å². The predicted molar refractivity (Wildman–Crippen MR) is 84.8 cm³/mol. The van der Waals surface area contributed by atoms with Crippen LogP contribution >= 0.6 is 27.5 Å². The van der Waals surface area contributed by atoms with Gasteiger partial charge in [0.05, 0.1) is 11.1 Å². The lowest BCUT2D eigenvalue weighted by Crippen LogP contribution is -2.18. The van der Waals surface area contributed by atoms with Crippen molar-refractivity contribution in [3.8, 4) is 11.8 Å². The molecular weight excluding hydrogens is 358 g/mol. The second-order valence-electron chi connectivity index (χ2n) is 4.22. The number of benzene rings is 1. The first-order valence-corrected chi connectivity index (χ1v) is 7.49. The molecule has 2 rings (SSSR count). The second-order valence-corrected chi connectivity index (χ2v) is 5.51. The van der Waals surface area contributed by atoms with Crippen LogP contribution in [0.15, 0.2) is 35.1 Å². The number of halogens is 2. The van der Waals surface area contributed by atoms with E-state index in [1.807, 2.05) is 0 Å². The number of nitrogens with one attached hydrogen (secondary N) is 1. The fourth-order valence-electron chi connectivity index (χ4n) is 1.55. The normalized spacial score (nSPS) is 10.6. The molecule has 0 bridgehead atoms. The minimum atomic E-state index is 0.290. The van der Waals surface area contributed by atoms with Gasteiger partial charge in [-0.3, -0.25) is 0 Å². The summed E-state index contributed by atoms with van der Waals surface area (Å²) in [5, 5.41) is 3.85. The van der Waals surface area contributed by atoms with E-state index in [0.29, 0.717) is 29.9 Å². The van der Waals surface area contributed by atoms with Crippen molar-refractivity contribution in [1.29, 1.82) is 0 Å². The van der Waals surface area contributed by atoms with Gasteiger partial charge in [0, 0.05) is 43.2 Å². The standard InChI is InChI=1S/C14H15BrClN3O2/c1-20-5-4-17-7-10-8-18-14(19-9-10)21-13-3-2-11(16)6-12(13)15/h2-3,6,8-9,17H,4-5,7H2,1H3. The number of hydrogen-bond donors (Lipinski definition) is 1. The van der Waals surface area contributed by atoms with Crippen LogP contribution in [0, 0.1) is 0 Å². The fourth-order valence-corrected chi connectivity index (χ4v) is 2.31. The molecule has 0 saturated heterocycles. The number of nitrogens with zero attached hydrogens (tertiary/aromatic N) is 2. The largest absolute Gasteiger partial charge is 0.423 e. The molecule has 0 spiro atoms. The first kappa shape index (κ1) is 16.2. The molecule has 0 aliphatic carbocycles. The lowest BCUT2D eigenvalue weighted by molar-refractivity contribution is 0.199. The van der Waals surface area contributed by atoms with E-state index in [9.17, 15) is 0 Å². The average Bonchev–Trinajstić information content (AvgIpc) is 2.48. The quantitative estimate of drug-likeness (QED) is 0.755. The third kappa shape index (κ3) is 5.24. The van der Waals surface area contributed by atoms with Crippen molar-refractivity contribution in [2.24, 2.45) is 0 Å². The van der Waals surface area contributed by atoms with E-state index in [0.717, 1.165) is 16.6 Å². The van der Waals surface area contributed by atoms with Crippen molar-refractivity contribution in [2.75, 3.05) is 20.3 Å². The molecule has 21 heavy (non-hydrogen) atoms. The van der Waals surface area contributed by atoms with Crippen molar-refractivity contribution in [2.45, 2.75) is 6.54 Å². The molecule has 2 aromatic rings. The molecule has 0 fully saturated rings. The molecule has 1 N–H and O–H groups in total. The van der Waals surface area contributed by atoms with Gasteiger partial charge in [-0.2, -0.15) is 0 Å². The van der Waals surface area contributed by atoms with Crippen molar-refractivity contribution in [3.63, 3.8) is 0 Å². The summed E-state index contributed by atoms with van der Waals surface area (Å²) in [6, 6.07) is 5.55. The number of hydrogen-bond acceptors (Lipinski definition) is 5. The van der Waals surface area contributed by atoms with E-state index in [4.69, 9.17) is 21.1 Å². The Kier molecular flexibility index (Phi) is 6.38. The number of methoxy groups -OCH3 is 1. The summed E-state index contributed by atoms with van der Waals surface area (Å²) < 4.78 is 11.3. The maximum absolute atomic E-state index is 5.88. The molecule has 1 aromatic heterocycles. The summed E-state index contributed by atoms with van der Waals surface area (Å²) in [6.07, 6.45) is 3.46. The Morgan fingerprint density at radius 1 is 1.29 bits per heavy atom. The second kappa shape index (κ2) is 8.29. The monoisotopic (exact) mass is 371 g/mol. The van der Waals surface area contributed by atoms with Crippen LogP contribution in [-0.4, -0.2) is 30.2 Å². The van der Waals surface area contributed by atoms with E-state index in [-0.39, 0.29) is 0 Å². The van der Waals surface area contributed by atoms with Gasteiger partial charge < -0.3 is 14.8 Å². The number of aromatic nitrogens is 2. The average molecular weight is 373 g/mol. The smallest absolute Gasteiger partial charge is 0.321 e. The van der Waals surface area contributed by atoms with E-state index in [2.05, 4.69) is 31.2 Å². The van der Waals surface area contributed by atoms with Crippen LogP contribution in [0.2, 0.25) is 5.02 Å². The van der Waals surface area contributed by atoms with E-state index in [1.165, 1.54) is 0 Å². The molecule has 0 aliphatic heterocycles. The molecule has 0 saturated carbocycles. The van der Waals surface area contributed by atoms with Gasteiger partial charge in [0.2, 0.25) is 0 Å². The topological polar surface area (TPSA) is 56.3 Å². The summed E-state index contributed by atoms with van der Waals surface area (Å²) in [6.45, 7) is 2.15. The van der Waals surface area contributed by atoms with Gasteiger partial charge in [0.1, 0.15) is 5.75 Å². The molecular formula is C14H15BrClN3O2. The third-order valence-corrected chi connectivity index (χ3v) is 3.44. The molecule has 0 amide bonds. The van der Waals surface area contributed by atoms with Gasteiger partial charge in [-0.15, -0.1) is 0 Å². The first-order chi connectivity index (χ1) is 10.2. The lowest BCUT2D eigenvalue weighted by atomic mass is 10.3. The minimum Gasteiger partial charge on any atom is -0.423 e. The zero-order valence-electron chi connectivity index (χ0n) is 11.5. The molecule has 0 atom stereocenters. The van der Waals surface area contributed by atoms with Crippen LogP contribution in [0.25, 0.3) is 0 Å². The van der Waals surface area contributed by atoms with E-state index in [1.54, 1.807) is 37.7 Å². The van der Waals surface area contributed by atoms with E-state index >= 15 is 0 Å². The van der Waals surface area contributed by atoms with Crippen molar-refractivity contribution in [3.05, 3.63) is 45.7 Å². The Morgan fingerprint density at radius 2 is 2.05 bits per heavy atom. The van der Waals surface area contributed by atoms with Crippen molar-refractivity contribution < 1.29 is 9.47 Å². The molecule has 0 unspecified atom stereocenters. The molecule has 1 heterocycles. The summed E-state index contributed by atoms with van der Waals surface area (Å²) in [7, 11) is 1.67. The molecule has 5 nitrogen and oxygen atoms in total. The Bertz CT molecular complexity index is 581. The maximum Gasteiger partial charge on any atom is 0.321 e. The van der Waals surface area contributed by atoms with E-state index < -0.39 is 0 Å². The van der Waals surface area contributed by atoms with Crippen molar-refractivity contribution in [1.82, 2.24) is 15.3 Å². The van der Waals surface area contributed by atoms with Crippen LogP contribution in [0.4, 0.5) is 0 Å². The van der Waals surface area contributed by atoms with Gasteiger partial charge in [0.25, 0.3) is 0 Å². The zero-order chi connectivity index (χ0) is 15.1. The third-order valence-electron chi connectivity index (χ3n) is 2.59. The predicted octanol–water partition coefficient (Wildman–Crippen LogP) is 3.42. The van der Waals surface area contributed by atoms with Crippen LogP contribution in [0.3, 0.4) is 0 Å². The van der Waals surface area contributed by atoms with Crippen LogP contribution < -0.4 is 10.1 Å². The minimum absolute atomic E-state index is 0.290. The first-order valence-electron chi connectivity index (χ1n) is 6.32. The van der Waals surface area contributed by atoms with Gasteiger partial charge >= 0.3 is 6.01 Å². The zero-order valence-corrected chi connectivity index (χ0v) is 13.8. The van der Waals surface area contributed by atoms with Gasteiger partial charge in [-0.25, -0.2) is 9.97 Å². The summed E-state index contributed by atoms with van der Waals surface area (Å²) in [4.78, 5) is 8.36. The molecule has 7 heteroatoms. The SMILES string of the molecule is COCCNCc1cnc(Oc2ccc(Cl)cc2Br)nc1. The van der Waals surface area contributed by atoms with Gasteiger partial charge in [0.15, 0.2) is 0 Å². The highest BCUT2D eigenvalue weighted by Crippen LogP contribution is 2.30. The molecule has 0 aliphatic rings.